The molecular formula is C27H36N4O5. The van der Waals surface area contributed by atoms with Crippen LogP contribution in [0.3, 0.4) is 0 Å². The number of alkyl carbamates (subject to hydrolysis) is 1. The van der Waals surface area contributed by atoms with Crippen molar-refractivity contribution in [2.75, 3.05) is 36.9 Å². The number of piperidine rings is 1. The number of carbonyl (C=O) groups is 3. The van der Waals surface area contributed by atoms with E-state index in [-0.39, 0.29) is 24.4 Å². The van der Waals surface area contributed by atoms with Crippen molar-refractivity contribution in [3.05, 3.63) is 54.1 Å². The van der Waals surface area contributed by atoms with E-state index in [4.69, 9.17) is 9.47 Å². The molecule has 0 spiro atoms. The van der Waals surface area contributed by atoms with Gasteiger partial charge in [0.25, 0.3) is 5.91 Å². The third-order valence-corrected chi connectivity index (χ3v) is 5.53. The fourth-order valence-electron chi connectivity index (χ4n) is 3.82. The molecule has 1 saturated heterocycles. The standard InChI is InChI=1S/C27H36N4O5/c1-5-35-23-12-10-21(11-13-23)29-25(33)19-6-8-20(9-7-19)28-24(32)18-31-16-14-22(15-17-31)30-26(34)36-27(2,3)4/h6-13,22H,5,14-18H2,1-4H3,(H,28,32)(H,29,33)(H,30,34). The topological polar surface area (TPSA) is 109 Å². The largest absolute Gasteiger partial charge is 0.494 e. The van der Waals surface area contributed by atoms with Gasteiger partial charge in [0, 0.05) is 36.1 Å². The highest BCUT2D eigenvalue weighted by Crippen LogP contribution is 2.18. The van der Waals surface area contributed by atoms with Crippen LogP contribution in [0, 0.1) is 0 Å². The lowest BCUT2D eigenvalue weighted by atomic mass is 10.1. The molecule has 0 radical (unpaired) electrons. The molecule has 3 N–H and O–H groups in total. The second-order valence-corrected chi connectivity index (χ2v) is 9.73. The molecule has 0 saturated carbocycles. The molecule has 0 atom stereocenters. The normalized spacial score (nSPS) is 14.6. The maximum absolute atomic E-state index is 12.5. The molecule has 0 bridgehead atoms. The Hall–Kier alpha value is -3.59. The summed E-state index contributed by atoms with van der Waals surface area (Å²) in [4.78, 5) is 39.0. The zero-order valence-electron chi connectivity index (χ0n) is 21.4. The van der Waals surface area contributed by atoms with Crippen molar-refractivity contribution in [1.29, 1.82) is 0 Å². The van der Waals surface area contributed by atoms with Gasteiger partial charge in [-0.2, -0.15) is 0 Å². The van der Waals surface area contributed by atoms with Gasteiger partial charge in [0.05, 0.1) is 13.2 Å². The van der Waals surface area contributed by atoms with Crippen LogP contribution < -0.4 is 20.7 Å². The first kappa shape index (κ1) is 27.0. The Balaban J connectivity index is 1.41. The second kappa shape index (κ2) is 12.4. The molecule has 9 nitrogen and oxygen atoms in total. The van der Waals surface area contributed by atoms with Gasteiger partial charge in [0.1, 0.15) is 11.4 Å². The number of rotatable bonds is 8. The summed E-state index contributed by atoms with van der Waals surface area (Å²) in [5.74, 6) is 0.387. The summed E-state index contributed by atoms with van der Waals surface area (Å²) in [5, 5.41) is 8.62. The molecule has 9 heteroatoms. The summed E-state index contributed by atoms with van der Waals surface area (Å²) in [6, 6.07) is 14.0. The Morgan fingerprint density at radius 1 is 0.917 bits per heavy atom. The molecule has 1 heterocycles. The van der Waals surface area contributed by atoms with Crippen LogP contribution in [0.2, 0.25) is 0 Å². The molecule has 194 valence electrons. The zero-order valence-corrected chi connectivity index (χ0v) is 21.4. The first-order chi connectivity index (χ1) is 17.1. The third-order valence-electron chi connectivity index (χ3n) is 5.53. The molecule has 2 aromatic rings. The van der Waals surface area contributed by atoms with Gasteiger partial charge in [-0.25, -0.2) is 4.79 Å². The van der Waals surface area contributed by atoms with Crippen LogP contribution in [0.5, 0.6) is 5.75 Å². The van der Waals surface area contributed by atoms with E-state index in [0.717, 1.165) is 18.6 Å². The first-order valence-corrected chi connectivity index (χ1v) is 12.3. The number of hydrogen-bond acceptors (Lipinski definition) is 6. The van der Waals surface area contributed by atoms with Crippen molar-refractivity contribution >= 4 is 29.3 Å². The Morgan fingerprint density at radius 3 is 2.08 bits per heavy atom. The summed E-state index contributed by atoms with van der Waals surface area (Å²) < 4.78 is 10.7. The van der Waals surface area contributed by atoms with Crippen molar-refractivity contribution in [2.24, 2.45) is 0 Å². The highest BCUT2D eigenvalue weighted by atomic mass is 16.6. The van der Waals surface area contributed by atoms with Gasteiger partial charge in [-0.05, 0) is 89.1 Å². The number of likely N-dealkylation sites (tertiary alicyclic amines) is 1. The van der Waals surface area contributed by atoms with Crippen LogP contribution in [-0.2, 0) is 9.53 Å². The molecule has 3 amide bonds. The molecule has 3 rings (SSSR count). The summed E-state index contributed by atoms with van der Waals surface area (Å²) in [7, 11) is 0. The maximum atomic E-state index is 12.5. The molecule has 1 fully saturated rings. The molecular weight excluding hydrogens is 460 g/mol. The summed E-state index contributed by atoms with van der Waals surface area (Å²) in [6.45, 7) is 9.67. The minimum atomic E-state index is -0.527. The monoisotopic (exact) mass is 496 g/mol. The predicted octanol–water partition coefficient (Wildman–Crippen LogP) is 4.27. The van der Waals surface area contributed by atoms with Crippen LogP contribution in [0.25, 0.3) is 0 Å². The number of carbonyl (C=O) groups excluding carboxylic acids is 3. The van der Waals surface area contributed by atoms with Crippen molar-refractivity contribution in [3.63, 3.8) is 0 Å². The lowest BCUT2D eigenvalue weighted by molar-refractivity contribution is -0.117. The van der Waals surface area contributed by atoms with E-state index in [9.17, 15) is 14.4 Å². The minimum absolute atomic E-state index is 0.0421. The molecule has 0 aliphatic carbocycles. The average Bonchev–Trinajstić information content (AvgIpc) is 2.81. The lowest BCUT2D eigenvalue weighted by Crippen LogP contribution is -2.47. The summed E-state index contributed by atoms with van der Waals surface area (Å²) >= 11 is 0. The van der Waals surface area contributed by atoms with Gasteiger partial charge in [-0.15, -0.1) is 0 Å². The van der Waals surface area contributed by atoms with Crippen molar-refractivity contribution < 1.29 is 23.9 Å². The Kier molecular flexibility index (Phi) is 9.30. The zero-order chi connectivity index (χ0) is 26.1. The van der Waals surface area contributed by atoms with E-state index in [1.165, 1.54) is 0 Å². The van der Waals surface area contributed by atoms with Gasteiger partial charge < -0.3 is 25.4 Å². The maximum Gasteiger partial charge on any atom is 0.407 e. The quantitative estimate of drug-likeness (QED) is 0.504. The smallest absolute Gasteiger partial charge is 0.407 e. The molecule has 2 aromatic carbocycles. The number of amides is 3. The Morgan fingerprint density at radius 2 is 1.50 bits per heavy atom. The van der Waals surface area contributed by atoms with Gasteiger partial charge in [-0.1, -0.05) is 0 Å². The minimum Gasteiger partial charge on any atom is -0.494 e. The van der Waals surface area contributed by atoms with Crippen molar-refractivity contribution in [2.45, 2.75) is 52.2 Å². The number of ether oxygens (including phenoxy) is 2. The van der Waals surface area contributed by atoms with Gasteiger partial charge in [-0.3, -0.25) is 14.5 Å². The number of benzene rings is 2. The SMILES string of the molecule is CCOc1ccc(NC(=O)c2ccc(NC(=O)CN3CCC(NC(=O)OC(C)(C)C)CC3)cc2)cc1. The van der Waals surface area contributed by atoms with Crippen LogP contribution in [0.4, 0.5) is 16.2 Å². The van der Waals surface area contributed by atoms with Gasteiger partial charge >= 0.3 is 6.09 Å². The van der Waals surface area contributed by atoms with E-state index < -0.39 is 11.7 Å². The number of nitrogens with one attached hydrogen (secondary N) is 3. The van der Waals surface area contributed by atoms with E-state index in [0.29, 0.717) is 36.6 Å². The lowest BCUT2D eigenvalue weighted by Gasteiger charge is -2.32. The molecule has 1 aliphatic rings. The fraction of sp³-hybridized carbons (Fsp3) is 0.444. The predicted molar refractivity (Wildman–Crippen MR) is 139 cm³/mol. The number of hydrogen-bond donors (Lipinski definition) is 3. The van der Waals surface area contributed by atoms with Crippen LogP contribution in [0.1, 0.15) is 50.9 Å². The molecule has 1 aliphatic heterocycles. The van der Waals surface area contributed by atoms with Gasteiger partial charge in [0.2, 0.25) is 5.91 Å². The van der Waals surface area contributed by atoms with Crippen molar-refractivity contribution in [3.8, 4) is 5.75 Å². The average molecular weight is 497 g/mol. The molecule has 0 unspecified atom stereocenters. The highest BCUT2D eigenvalue weighted by molar-refractivity contribution is 6.04. The summed E-state index contributed by atoms with van der Waals surface area (Å²) in [6.07, 6.45) is 1.10. The van der Waals surface area contributed by atoms with E-state index in [1.807, 2.05) is 27.7 Å². The second-order valence-electron chi connectivity index (χ2n) is 9.73. The first-order valence-electron chi connectivity index (χ1n) is 12.3. The van der Waals surface area contributed by atoms with E-state index in [1.54, 1.807) is 48.5 Å². The Labute approximate surface area is 212 Å². The molecule has 36 heavy (non-hydrogen) atoms. The van der Waals surface area contributed by atoms with Crippen LogP contribution in [-0.4, -0.2) is 60.7 Å². The molecule has 0 aromatic heterocycles. The van der Waals surface area contributed by atoms with E-state index >= 15 is 0 Å². The summed E-state index contributed by atoms with van der Waals surface area (Å²) in [5.41, 5.74) is 1.26. The number of anilines is 2. The fourth-order valence-corrected chi connectivity index (χ4v) is 3.82. The van der Waals surface area contributed by atoms with Crippen LogP contribution in [0.15, 0.2) is 48.5 Å². The van der Waals surface area contributed by atoms with E-state index in [2.05, 4.69) is 20.9 Å². The highest BCUT2D eigenvalue weighted by Gasteiger charge is 2.24. The van der Waals surface area contributed by atoms with Gasteiger partial charge in [0.15, 0.2) is 0 Å². The third kappa shape index (κ3) is 8.88. The van der Waals surface area contributed by atoms with Crippen LogP contribution >= 0.6 is 0 Å². The van der Waals surface area contributed by atoms with Crippen molar-refractivity contribution in [1.82, 2.24) is 10.2 Å². The number of nitrogens with zero attached hydrogens (tertiary/aromatic N) is 1. The Bertz CT molecular complexity index is 1020.